The van der Waals surface area contributed by atoms with E-state index in [1.807, 2.05) is 32.2 Å². The second-order valence-corrected chi connectivity index (χ2v) is 4.54. The Morgan fingerprint density at radius 3 is 2.15 bits per heavy atom. The Morgan fingerprint density at radius 1 is 1.15 bits per heavy atom. The van der Waals surface area contributed by atoms with Gasteiger partial charge < -0.3 is 10.0 Å². The van der Waals surface area contributed by atoms with Crippen LogP contribution in [0.2, 0.25) is 0 Å². The summed E-state index contributed by atoms with van der Waals surface area (Å²) in [6.07, 6.45) is 8.14. The first-order valence-corrected chi connectivity index (χ1v) is 4.68. The van der Waals surface area contributed by atoms with Gasteiger partial charge >= 0.3 is 0 Å². The highest BCUT2D eigenvalue weighted by atomic mass is 16.3. The van der Waals surface area contributed by atoms with Gasteiger partial charge in [0.1, 0.15) is 0 Å². The molecule has 0 spiro atoms. The first kappa shape index (κ1) is 10.3. The van der Waals surface area contributed by atoms with E-state index in [9.17, 15) is 5.11 Å². The maximum Gasteiger partial charge on any atom is 0.0816 e. The maximum absolute atomic E-state index is 10.00. The van der Waals surface area contributed by atoms with Crippen molar-refractivity contribution in [3.8, 4) is 0 Å². The van der Waals surface area contributed by atoms with Crippen molar-refractivity contribution in [1.82, 2.24) is 4.90 Å². The van der Waals surface area contributed by atoms with Gasteiger partial charge in [0.2, 0.25) is 0 Å². The van der Waals surface area contributed by atoms with Crippen LogP contribution >= 0.6 is 0 Å². The van der Waals surface area contributed by atoms with Crippen molar-refractivity contribution < 1.29 is 5.11 Å². The fraction of sp³-hybridized carbons (Fsp3) is 0.636. The summed E-state index contributed by atoms with van der Waals surface area (Å²) >= 11 is 0. The molecule has 0 saturated heterocycles. The second-order valence-electron chi connectivity index (χ2n) is 4.54. The molecule has 0 atom stereocenters. The van der Waals surface area contributed by atoms with Crippen LogP contribution in [0.5, 0.6) is 0 Å². The van der Waals surface area contributed by atoms with Crippen LogP contribution in [0.3, 0.4) is 0 Å². The van der Waals surface area contributed by atoms with Crippen molar-refractivity contribution in [2.24, 2.45) is 0 Å². The van der Waals surface area contributed by atoms with Crippen molar-refractivity contribution in [1.29, 1.82) is 0 Å². The predicted octanol–water partition coefficient (Wildman–Crippen LogP) is 1.92. The maximum atomic E-state index is 10.00. The average molecular weight is 181 g/mol. The molecule has 0 fully saturated rings. The zero-order valence-electron chi connectivity index (χ0n) is 8.91. The van der Waals surface area contributed by atoms with Gasteiger partial charge in [0, 0.05) is 6.54 Å². The summed E-state index contributed by atoms with van der Waals surface area (Å²) in [6.45, 7) is 8.67. The van der Waals surface area contributed by atoms with Crippen LogP contribution in [0.25, 0.3) is 0 Å². The van der Waals surface area contributed by atoms with E-state index in [1.165, 1.54) is 0 Å². The van der Waals surface area contributed by atoms with Crippen LogP contribution in [0.4, 0.5) is 0 Å². The van der Waals surface area contributed by atoms with Crippen LogP contribution in [-0.4, -0.2) is 27.7 Å². The Labute approximate surface area is 80.6 Å². The predicted molar refractivity (Wildman–Crippen MR) is 55.4 cm³/mol. The van der Waals surface area contributed by atoms with Crippen molar-refractivity contribution in [3.05, 3.63) is 24.4 Å². The normalized spacial score (nSPS) is 18.1. The standard InChI is InChI=1S/C11H19NO/c1-10(2,11(3,4)13)12-8-6-5-7-9-12/h5-8,13H,9H2,1-4H3. The Balaban J connectivity index is 2.81. The van der Waals surface area contributed by atoms with Crippen molar-refractivity contribution >= 4 is 0 Å². The number of nitrogens with zero attached hydrogens (tertiary/aromatic N) is 1. The SMILES string of the molecule is CC(C)(O)C(C)(C)N1C=CC=CC1. The van der Waals surface area contributed by atoms with Gasteiger partial charge in [-0.3, -0.25) is 0 Å². The summed E-state index contributed by atoms with van der Waals surface area (Å²) in [5.74, 6) is 0. The lowest BCUT2D eigenvalue weighted by Crippen LogP contribution is -2.56. The number of allylic oxidation sites excluding steroid dienone is 2. The van der Waals surface area contributed by atoms with Gasteiger partial charge in [-0.15, -0.1) is 0 Å². The van der Waals surface area contributed by atoms with E-state index >= 15 is 0 Å². The summed E-state index contributed by atoms with van der Waals surface area (Å²) in [5.41, 5.74) is -0.948. The zero-order valence-corrected chi connectivity index (χ0v) is 8.91. The molecule has 13 heavy (non-hydrogen) atoms. The highest BCUT2D eigenvalue weighted by Crippen LogP contribution is 2.28. The number of rotatable bonds is 2. The Bertz CT molecular complexity index is 233. The van der Waals surface area contributed by atoms with Gasteiger partial charge in [-0.25, -0.2) is 0 Å². The van der Waals surface area contributed by atoms with E-state index in [0.29, 0.717) is 0 Å². The third-order valence-electron chi connectivity index (χ3n) is 3.03. The summed E-state index contributed by atoms with van der Waals surface area (Å²) in [4.78, 5) is 2.15. The molecule has 0 radical (unpaired) electrons. The summed E-state index contributed by atoms with van der Waals surface area (Å²) < 4.78 is 0. The fourth-order valence-corrected chi connectivity index (χ4v) is 1.23. The monoisotopic (exact) mass is 181 g/mol. The molecule has 0 aromatic rings. The van der Waals surface area contributed by atoms with Crippen molar-refractivity contribution in [2.45, 2.75) is 38.8 Å². The largest absolute Gasteiger partial charge is 0.388 e. The molecule has 0 saturated carbocycles. The number of hydrogen-bond acceptors (Lipinski definition) is 2. The summed E-state index contributed by atoms with van der Waals surface area (Å²) in [7, 11) is 0. The van der Waals surface area contributed by atoms with Gasteiger partial charge in [0.15, 0.2) is 0 Å². The molecular weight excluding hydrogens is 162 g/mol. The molecule has 2 heteroatoms. The van der Waals surface area contributed by atoms with Crippen LogP contribution in [0.15, 0.2) is 24.4 Å². The highest BCUT2D eigenvalue weighted by molar-refractivity contribution is 5.13. The van der Waals surface area contributed by atoms with E-state index in [1.54, 1.807) is 0 Å². The Morgan fingerprint density at radius 2 is 1.77 bits per heavy atom. The van der Waals surface area contributed by atoms with Crippen LogP contribution in [0.1, 0.15) is 27.7 Å². The average Bonchev–Trinajstić information content (AvgIpc) is 2.04. The molecule has 1 aliphatic rings. The van der Waals surface area contributed by atoms with Crippen molar-refractivity contribution in [2.75, 3.05) is 6.54 Å². The lowest BCUT2D eigenvalue weighted by atomic mass is 9.84. The van der Waals surface area contributed by atoms with Gasteiger partial charge in [-0.05, 0) is 40.0 Å². The van der Waals surface area contributed by atoms with Crippen LogP contribution < -0.4 is 0 Å². The summed E-state index contributed by atoms with van der Waals surface area (Å²) in [5, 5.41) is 10.00. The molecule has 2 nitrogen and oxygen atoms in total. The van der Waals surface area contributed by atoms with Crippen LogP contribution in [-0.2, 0) is 0 Å². The van der Waals surface area contributed by atoms with Gasteiger partial charge in [-0.1, -0.05) is 12.2 Å². The van der Waals surface area contributed by atoms with E-state index in [4.69, 9.17) is 0 Å². The molecule has 1 N–H and O–H groups in total. The molecule has 0 aromatic heterocycles. The Hall–Kier alpha value is -0.760. The minimum absolute atomic E-state index is 0.242. The molecular formula is C11H19NO. The minimum Gasteiger partial charge on any atom is -0.388 e. The van der Waals surface area contributed by atoms with E-state index in [0.717, 1.165) is 6.54 Å². The lowest BCUT2D eigenvalue weighted by Gasteiger charge is -2.46. The third kappa shape index (κ3) is 1.94. The second kappa shape index (κ2) is 3.18. The molecule has 1 heterocycles. The van der Waals surface area contributed by atoms with Crippen LogP contribution in [0, 0.1) is 0 Å². The van der Waals surface area contributed by atoms with Gasteiger partial charge in [0.05, 0.1) is 11.1 Å². The molecule has 0 aliphatic carbocycles. The van der Waals surface area contributed by atoms with E-state index in [-0.39, 0.29) is 5.54 Å². The zero-order chi connectivity index (χ0) is 10.1. The topological polar surface area (TPSA) is 23.5 Å². The molecule has 0 amide bonds. The quantitative estimate of drug-likeness (QED) is 0.703. The third-order valence-corrected chi connectivity index (χ3v) is 3.03. The molecule has 1 rings (SSSR count). The molecule has 0 unspecified atom stereocenters. The molecule has 1 aliphatic heterocycles. The van der Waals surface area contributed by atoms with E-state index < -0.39 is 5.60 Å². The van der Waals surface area contributed by atoms with E-state index in [2.05, 4.69) is 24.8 Å². The highest BCUT2D eigenvalue weighted by Gasteiger charge is 2.38. The smallest absolute Gasteiger partial charge is 0.0816 e. The van der Waals surface area contributed by atoms with Gasteiger partial charge in [0.25, 0.3) is 0 Å². The summed E-state index contributed by atoms with van der Waals surface area (Å²) in [6, 6.07) is 0. The minimum atomic E-state index is -0.706. The Kier molecular flexibility index (Phi) is 2.53. The first-order chi connectivity index (χ1) is 5.86. The molecule has 0 aromatic carbocycles. The van der Waals surface area contributed by atoms with Crippen molar-refractivity contribution in [3.63, 3.8) is 0 Å². The van der Waals surface area contributed by atoms with Gasteiger partial charge in [-0.2, -0.15) is 0 Å². The molecule has 0 bridgehead atoms. The fourth-order valence-electron chi connectivity index (χ4n) is 1.23. The first-order valence-electron chi connectivity index (χ1n) is 4.68. The molecule has 74 valence electrons. The number of hydrogen-bond donors (Lipinski definition) is 1. The lowest BCUT2D eigenvalue weighted by molar-refractivity contribution is -0.0508. The number of aliphatic hydroxyl groups is 1.